The van der Waals surface area contributed by atoms with Gasteiger partial charge in [-0.1, -0.05) is 24.3 Å². The van der Waals surface area contributed by atoms with Gasteiger partial charge in [-0.2, -0.15) is 0 Å². The second kappa shape index (κ2) is 8.61. The van der Waals surface area contributed by atoms with E-state index in [1.54, 1.807) is 87.6 Å². The number of carbonyl (C=O) groups is 1. The topological polar surface area (TPSA) is 114 Å². The maximum Gasteiger partial charge on any atom is 0.418 e. The van der Waals surface area contributed by atoms with Crippen LogP contribution in [0.1, 0.15) is 38.1 Å². The maximum atomic E-state index is 13.2. The molecule has 36 heavy (non-hydrogen) atoms. The van der Waals surface area contributed by atoms with Crippen molar-refractivity contribution >= 4 is 37.9 Å². The minimum absolute atomic E-state index is 0.110. The number of H-pyrrole nitrogens is 1. The standard InChI is InChI=1S/C27H25N3O5S/c1-27(2,3)35-26(32)30-14-12-17-15-18(9-10-22(17)30)24(31)21-16-20-23(11-13-28-25(20)29-21)36(33,34)19-7-5-4-6-8-19/h4-16,24,31H,1-3H3,(H,28,29). The lowest BCUT2D eigenvalue weighted by Crippen LogP contribution is -2.26. The number of nitrogens with zero attached hydrogens (tertiary/aromatic N) is 2. The van der Waals surface area contributed by atoms with E-state index in [1.807, 2.05) is 0 Å². The summed E-state index contributed by atoms with van der Waals surface area (Å²) >= 11 is 0. The molecule has 0 amide bonds. The first kappa shape index (κ1) is 23.8. The molecule has 1 unspecified atom stereocenters. The van der Waals surface area contributed by atoms with Crippen LogP contribution in [0.15, 0.2) is 88.9 Å². The summed E-state index contributed by atoms with van der Waals surface area (Å²) in [5.74, 6) is 0. The Morgan fingerprint density at radius 2 is 1.81 bits per heavy atom. The fourth-order valence-electron chi connectivity index (χ4n) is 4.11. The second-order valence-electron chi connectivity index (χ2n) is 9.50. The van der Waals surface area contributed by atoms with E-state index in [9.17, 15) is 18.3 Å². The molecule has 2 N–H and O–H groups in total. The van der Waals surface area contributed by atoms with E-state index in [-0.39, 0.29) is 9.79 Å². The van der Waals surface area contributed by atoms with Gasteiger partial charge in [0.15, 0.2) is 0 Å². The highest BCUT2D eigenvalue weighted by Crippen LogP contribution is 2.32. The molecule has 0 aliphatic rings. The van der Waals surface area contributed by atoms with E-state index >= 15 is 0 Å². The van der Waals surface area contributed by atoms with E-state index in [0.717, 1.165) is 5.39 Å². The van der Waals surface area contributed by atoms with Gasteiger partial charge in [-0.15, -0.1) is 0 Å². The number of benzene rings is 2. The zero-order valence-corrected chi connectivity index (χ0v) is 20.8. The molecule has 0 spiro atoms. The Hall–Kier alpha value is -3.95. The molecule has 0 aliphatic heterocycles. The first-order valence-electron chi connectivity index (χ1n) is 11.3. The van der Waals surface area contributed by atoms with Crippen molar-refractivity contribution in [3.8, 4) is 0 Å². The summed E-state index contributed by atoms with van der Waals surface area (Å²) in [7, 11) is -3.78. The molecule has 0 bridgehead atoms. The maximum absolute atomic E-state index is 13.2. The van der Waals surface area contributed by atoms with Gasteiger partial charge in [0.2, 0.25) is 9.84 Å². The van der Waals surface area contributed by atoms with E-state index in [2.05, 4.69) is 9.97 Å². The predicted octanol–water partition coefficient (Wildman–Crippen LogP) is 5.22. The Kier molecular flexibility index (Phi) is 5.69. The SMILES string of the molecule is CC(C)(C)OC(=O)n1ccc2cc(C(O)c3cc4c(S(=O)(=O)c5ccccc5)ccnc4[nH]3)ccc21. The van der Waals surface area contributed by atoms with Crippen LogP contribution in [0.5, 0.6) is 0 Å². The third kappa shape index (κ3) is 4.27. The molecule has 0 saturated heterocycles. The molecular formula is C27H25N3O5S. The molecule has 0 fully saturated rings. The van der Waals surface area contributed by atoms with Gasteiger partial charge in [0.05, 0.1) is 21.0 Å². The third-order valence-electron chi connectivity index (χ3n) is 5.77. The number of rotatable bonds is 4. The van der Waals surface area contributed by atoms with Crippen molar-refractivity contribution in [3.05, 3.63) is 90.4 Å². The Morgan fingerprint density at radius 3 is 2.53 bits per heavy atom. The van der Waals surface area contributed by atoms with E-state index in [4.69, 9.17) is 4.74 Å². The summed E-state index contributed by atoms with van der Waals surface area (Å²) < 4.78 is 33.4. The van der Waals surface area contributed by atoms with Gasteiger partial charge < -0.3 is 14.8 Å². The van der Waals surface area contributed by atoms with Crippen molar-refractivity contribution in [2.75, 3.05) is 0 Å². The number of hydrogen-bond donors (Lipinski definition) is 2. The Balaban J connectivity index is 1.50. The van der Waals surface area contributed by atoms with Crippen LogP contribution in [0.4, 0.5) is 4.79 Å². The minimum atomic E-state index is -3.78. The summed E-state index contributed by atoms with van der Waals surface area (Å²) in [5.41, 5.74) is 1.36. The number of ether oxygens (including phenoxy) is 1. The van der Waals surface area contributed by atoms with E-state index < -0.39 is 27.6 Å². The number of sulfone groups is 1. The van der Waals surface area contributed by atoms with Gasteiger partial charge in [0.25, 0.3) is 0 Å². The van der Waals surface area contributed by atoms with E-state index in [0.29, 0.717) is 27.8 Å². The lowest BCUT2D eigenvalue weighted by atomic mass is 10.0. The predicted molar refractivity (Wildman–Crippen MR) is 136 cm³/mol. The number of pyridine rings is 1. The van der Waals surface area contributed by atoms with Gasteiger partial charge in [0.1, 0.15) is 17.4 Å². The first-order valence-corrected chi connectivity index (χ1v) is 12.8. The lowest BCUT2D eigenvalue weighted by molar-refractivity contribution is 0.0544. The number of aliphatic hydroxyl groups is 1. The monoisotopic (exact) mass is 503 g/mol. The molecule has 5 rings (SSSR count). The first-order chi connectivity index (χ1) is 17.0. The number of aliphatic hydroxyl groups excluding tert-OH is 1. The van der Waals surface area contributed by atoms with E-state index in [1.165, 1.54) is 16.8 Å². The van der Waals surface area contributed by atoms with Crippen LogP contribution >= 0.6 is 0 Å². The number of hydrogen-bond acceptors (Lipinski definition) is 6. The van der Waals surface area contributed by atoms with Crippen LogP contribution in [0.25, 0.3) is 21.9 Å². The quantitative estimate of drug-likeness (QED) is 0.348. The van der Waals surface area contributed by atoms with Gasteiger partial charge >= 0.3 is 6.09 Å². The van der Waals surface area contributed by atoms with Crippen molar-refractivity contribution in [2.24, 2.45) is 0 Å². The second-order valence-corrected chi connectivity index (χ2v) is 11.4. The number of nitrogens with one attached hydrogen (secondary N) is 1. The molecule has 0 aliphatic carbocycles. The average Bonchev–Trinajstić information content (AvgIpc) is 3.47. The normalized spacial score (nSPS) is 13.2. The van der Waals surface area contributed by atoms with Crippen molar-refractivity contribution in [1.29, 1.82) is 0 Å². The summed E-state index contributed by atoms with van der Waals surface area (Å²) in [4.78, 5) is 20.1. The summed E-state index contributed by atoms with van der Waals surface area (Å²) in [6.45, 7) is 5.41. The molecular weight excluding hydrogens is 478 g/mol. The highest BCUT2D eigenvalue weighted by atomic mass is 32.2. The molecule has 8 nitrogen and oxygen atoms in total. The number of aromatic amines is 1. The molecule has 1 atom stereocenters. The molecule has 9 heteroatoms. The molecule has 2 aromatic carbocycles. The largest absolute Gasteiger partial charge is 0.443 e. The summed E-state index contributed by atoms with van der Waals surface area (Å²) in [6.07, 6.45) is 1.50. The van der Waals surface area contributed by atoms with Gasteiger partial charge in [-0.25, -0.2) is 18.2 Å². The minimum Gasteiger partial charge on any atom is -0.443 e. The fourth-order valence-corrected chi connectivity index (χ4v) is 5.57. The third-order valence-corrected chi connectivity index (χ3v) is 7.60. The summed E-state index contributed by atoms with van der Waals surface area (Å²) in [6, 6.07) is 18.3. The fraction of sp³-hybridized carbons (Fsp3) is 0.185. The summed E-state index contributed by atoms with van der Waals surface area (Å²) in [5, 5.41) is 12.3. The molecule has 3 heterocycles. The Bertz CT molecular complexity index is 1700. The van der Waals surface area contributed by atoms with Crippen molar-refractivity contribution in [1.82, 2.24) is 14.5 Å². The van der Waals surface area contributed by atoms with Crippen LogP contribution in [-0.2, 0) is 14.6 Å². The lowest BCUT2D eigenvalue weighted by Gasteiger charge is -2.19. The van der Waals surface area contributed by atoms with Crippen molar-refractivity contribution in [3.63, 3.8) is 0 Å². The molecule has 0 radical (unpaired) electrons. The zero-order chi connectivity index (χ0) is 25.7. The van der Waals surface area contributed by atoms with Crippen LogP contribution in [0.3, 0.4) is 0 Å². The average molecular weight is 504 g/mol. The number of fused-ring (bicyclic) bond motifs is 2. The highest BCUT2D eigenvalue weighted by Gasteiger charge is 2.24. The molecule has 0 saturated carbocycles. The smallest absolute Gasteiger partial charge is 0.418 e. The van der Waals surface area contributed by atoms with Crippen molar-refractivity contribution in [2.45, 2.75) is 42.3 Å². The molecule has 5 aromatic rings. The van der Waals surface area contributed by atoms with Crippen LogP contribution < -0.4 is 0 Å². The highest BCUT2D eigenvalue weighted by molar-refractivity contribution is 7.91. The number of aromatic nitrogens is 3. The number of carbonyl (C=O) groups excluding carboxylic acids is 1. The molecule has 3 aromatic heterocycles. The molecule has 184 valence electrons. The zero-order valence-electron chi connectivity index (χ0n) is 20.0. The van der Waals surface area contributed by atoms with Gasteiger partial charge in [0, 0.05) is 23.2 Å². The van der Waals surface area contributed by atoms with Crippen LogP contribution in [0, 0.1) is 0 Å². The Morgan fingerprint density at radius 1 is 1.06 bits per heavy atom. The Labute approximate surface area is 208 Å². The van der Waals surface area contributed by atoms with Crippen molar-refractivity contribution < 1.29 is 23.1 Å². The van der Waals surface area contributed by atoms with Gasteiger partial charge in [-0.3, -0.25) is 4.57 Å². The van der Waals surface area contributed by atoms with Crippen LogP contribution in [-0.4, -0.2) is 39.8 Å². The van der Waals surface area contributed by atoms with Gasteiger partial charge in [-0.05, 0) is 68.8 Å². The van der Waals surface area contributed by atoms with Crippen LogP contribution in [0.2, 0.25) is 0 Å².